The van der Waals surface area contributed by atoms with Crippen LogP contribution in [0.15, 0.2) is 12.3 Å². The zero-order valence-corrected chi connectivity index (χ0v) is 12.9. The van der Waals surface area contributed by atoms with Crippen molar-refractivity contribution in [1.82, 2.24) is 19.6 Å². The van der Waals surface area contributed by atoms with Crippen LogP contribution in [0, 0.1) is 0 Å². The summed E-state index contributed by atoms with van der Waals surface area (Å²) < 4.78 is 3.67. The molecule has 20 heavy (non-hydrogen) atoms. The lowest BCUT2D eigenvalue weighted by atomic mass is 10.1. The van der Waals surface area contributed by atoms with Crippen LogP contribution in [0.3, 0.4) is 0 Å². The molecule has 6 heteroatoms. The Morgan fingerprint density at radius 1 is 1.25 bits per heavy atom. The molecule has 0 saturated heterocycles. The molecule has 0 aliphatic rings. The summed E-state index contributed by atoms with van der Waals surface area (Å²) in [7, 11) is 0. The highest BCUT2D eigenvalue weighted by Gasteiger charge is 2.20. The quantitative estimate of drug-likeness (QED) is 0.891. The smallest absolute Gasteiger partial charge is 0.101 e. The van der Waals surface area contributed by atoms with Crippen molar-refractivity contribution in [3.05, 3.63) is 34.4 Å². The molecule has 0 spiro atoms. The van der Waals surface area contributed by atoms with E-state index < -0.39 is 6.10 Å². The fraction of sp³-hybridized carbons (Fsp3) is 0.571. The summed E-state index contributed by atoms with van der Waals surface area (Å²) in [6.45, 7) is 7.53. The lowest BCUT2D eigenvalue weighted by Crippen LogP contribution is -2.13. The first kappa shape index (κ1) is 15.1. The number of aromatic nitrogens is 4. The Kier molecular flexibility index (Phi) is 4.83. The molecule has 1 unspecified atom stereocenters. The van der Waals surface area contributed by atoms with E-state index in [0.717, 1.165) is 36.6 Å². The van der Waals surface area contributed by atoms with E-state index in [-0.39, 0.29) is 0 Å². The second kappa shape index (κ2) is 6.41. The summed E-state index contributed by atoms with van der Waals surface area (Å²) in [4.78, 5) is 0. The molecule has 1 N–H and O–H groups in total. The SMILES string of the molecule is CCc1nn(CC)c(CC(O)c2ccnn2CC)c1Cl. The molecule has 0 fully saturated rings. The molecule has 2 aromatic rings. The van der Waals surface area contributed by atoms with Crippen molar-refractivity contribution >= 4 is 11.6 Å². The van der Waals surface area contributed by atoms with E-state index in [1.807, 2.05) is 31.5 Å². The highest BCUT2D eigenvalue weighted by Crippen LogP contribution is 2.26. The molecule has 2 aromatic heterocycles. The Hall–Kier alpha value is -1.33. The summed E-state index contributed by atoms with van der Waals surface area (Å²) in [6, 6.07) is 1.84. The van der Waals surface area contributed by atoms with Gasteiger partial charge in [-0.05, 0) is 26.3 Å². The number of hydrogen-bond donors (Lipinski definition) is 1. The van der Waals surface area contributed by atoms with Gasteiger partial charge in [-0.3, -0.25) is 9.36 Å². The molecule has 0 radical (unpaired) electrons. The molecule has 110 valence electrons. The Morgan fingerprint density at radius 3 is 2.55 bits per heavy atom. The molecule has 0 aromatic carbocycles. The summed E-state index contributed by atoms with van der Waals surface area (Å²) in [5.74, 6) is 0. The summed E-state index contributed by atoms with van der Waals surface area (Å²) in [6.07, 6.45) is 2.33. The van der Waals surface area contributed by atoms with Gasteiger partial charge in [-0.2, -0.15) is 10.2 Å². The highest BCUT2D eigenvalue weighted by atomic mass is 35.5. The number of halogens is 1. The van der Waals surface area contributed by atoms with Crippen molar-refractivity contribution in [3.63, 3.8) is 0 Å². The fourth-order valence-electron chi connectivity index (χ4n) is 2.39. The molecule has 0 bridgehead atoms. The van der Waals surface area contributed by atoms with Crippen molar-refractivity contribution in [1.29, 1.82) is 0 Å². The van der Waals surface area contributed by atoms with Gasteiger partial charge in [0.1, 0.15) is 6.10 Å². The largest absolute Gasteiger partial charge is 0.386 e. The van der Waals surface area contributed by atoms with Crippen LogP contribution in [0.2, 0.25) is 5.02 Å². The van der Waals surface area contributed by atoms with Crippen LogP contribution in [0.1, 0.15) is 44.0 Å². The maximum Gasteiger partial charge on any atom is 0.101 e. The van der Waals surface area contributed by atoms with Crippen LogP contribution >= 0.6 is 11.6 Å². The highest BCUT2D eigenvalue weighted by molar-refractivity contribution is 6.31. The van der Waals surface area contributed by atoms with Crippen molar-refractivity contribution in [2.45, 2.75) is 52.8 Å². The predicted molar refractivity (Wildman–Crippen MR) is 78.9 cm³/mol. The average molecular weight is 297 g/mol. The summed E-state index contributed by atoms with van der Waals surface area (Å²) in [5.41, 5.74) is 2.59. The lowest BCUT2D eigenvalue weighted by molar-refractivity contribution is 0.164. The van der Waals surface area contributed by atoms with Gasteiger partial charge in [0, 0.05) is 25.7 Å². The van der Waals surface area contributed by atoms with E-state index in [0.29, 0.717) is 11.4 Å². The van der Waals surface area contributed by atoms with Crippen molar-refractivity contribution in [2.24, 2.45) is 0 Å². The monoisotopic (exact) mass is 296 g/mol. The van der Waals surface area contributed by atoms with E-state index in [4.69, 9.17) is 11.6 Å². The molecule has 5 nitrogen and oxygen atoms in total. The van der Waals surface area contributed by atoms with Crippen LogP contribution in [0.4, 0.5) is 0 Å². The minimum atomic E-state index is -0.623. The molecular formula is C14H21ClN4O. The standard InChI is InChI=1S/C14H21ClN4O/c1-4-10-14(15)12(19(6-3)17-10)9-13(20)11-7-8-16-18(11)5-2/h7-8,13,20H,4-6,9H2,1-3H3. The minimum absolute atomic E-state index is 0.450. The first-order valence-corrected chi connectivity index (χ1v) is 7.43. The average Bonchev–Trinajstić information content (AvgIpc) is 3.04. The number of aliphatic hydroxyl groups is 1. The van der Waals surface area contributed by atoms with Crippen LogP contribution in [0.5, 0.6) is 0 Å². The molecule has 2 rings (SSSR count). The number of hydrogen-bond acceptors (Lipinski definition) is 3. The van der Waals surface area contributed by atoms with Gasteiger partial charge in [-0.25, -0.2) is 0 Å². The van der Waals surface area contributed by atoms with Gasteiger partial charge in [0.25, 0.3) is 0 Å². The van der Waals surface area contributed by atoms with Crippen LogP contribution in [-0.2, 0) is 25.9 Å². The predicted octanol–water partition coefficient (Wildman–Crippen LogP) is 2.61. The van der Waals surface area contributed by atoms with Gasteiger partial charge in [0.2, 0.25) is 0 Å². The molecule has 0 saturated carbocycles. The number of aryl methyl sites for hydroxylation is 3. The second-order valence-electron chi connectivity index (χ2n) is 4.67. The Bertz CT molecular complexity index is 576. The first-order valence-electron chi connectivity index (χ1n) is 7.06. The maximum atomic E-state index is 10.4. The maximum absolute atomic E-state index is 10.4. The number of aliphatic hydroxyl groups excluding tert-OH is 1. The summed E-state index contributed by atoms with van der Waals surface area (Å²) >= 11 is 6.37. The van der Waals surface area contributed by atoms with Crippen LogP contribution < -0.4 is 0 Å². The van der Waals surface area contributed by atoms with Gasteiger partial charge in [-0.1, -0.05) is 18.5 Å². The molecule has 0 amide bonds. The first-order chi connectivity index (χ1) is 9.62. The summed E-state index contributed by atoms with van der Waals surface area (Å²) in [5, 5.41) is 19.8. The third-order valence-electron chi connectivity index (χ3n) is 3.47. The Labute approximate surface area is 124 Å². The molecule has 0 aliphatic carbocycles. The lowest BCUT2D eigenvalue weighted by Gasteiger charge is -2.13. The van der Waals surface area contributed by atoms with Crippen LogP contribution in [0.25, 0.3) is 0 Å². The topological polar surface area (TPSA) is 55.9 Å². The van der Waals surface area contributed by atoms with E-state index in [2.05, 4.69) is 10.2 Å². The van der Waals surface area contributed by atoms with E-state index in [1.165, 1.54) is 0 Å². The minimum Gasteiger partial charge on any atom is -0.386 e. The number of rotatable bonds is 6. The zero-order valence-electron chi connectivity index (χ0n) is 12.2. The van der Waals surface area contributed by atoms with Gasteiger partial charge in [0.05, 0.1) is 22.1 Å². The van der Waals surface area contributed by atoms with Gasteiger partial charge in [-0.15, -0.1) is 0 Å². The van der Waals surface area contributed by atoms with Gasteiger partial charge in [0.15, 0.2) is 0 Å². The van der Waals surface area contributed by atoms with Crippen molar-refractivity contribution < 1.29 is 5.11 Å². The van der Waals surface area contributed by atoms with Crippen molar-refractivity contribution in [3.8, 4) is 0 Å². The molecular weight excluding hydrogens is 276 g/mol. The van der Waals surface area contributed by atoms with E-state index in [1.54, 1.807) is 10.9 Å². The van der Waals surface area contributed by atoms with Gasteiger partial charge < -0.3 is 5.11 Å². The third kappa shape index (κ3) is 2.74. The Balaban J connectivity index is 2.27. The van der Waals surface area contributed by atoms with Crippen LogP contribution in [-0.4, -0.2) is 24.7 Å². The Morgan fingerprint density at radius 2 is 1.95 bits per heavy atom. The van der Waals surface area contributed by atoms with E-state index in [9.17, 15) is 5.11 Å². The van der Waals surface area contributed by atoms with Gasteiger partial charge >= 0.3 is 0 Å². The van der Waals surface area contributed by atoms with Crippen molar-refractivity contribution in [2.75, 3.05) is 0 Å². The molecule has 2 heterocycles. The van der Waals surface area contributed by atoms with E-state index >= 15 is 0 Å². The molecule has 1 atom stereocenters. The zero-order chi connectivity index (χ0) is 14.7. The normalized spacial score (nSPS) is 12.8. The molecule has 0 aliphatic heterocycles. The second-order valence-corrected chi connectivity index (χ2v) is 5.05. The third-order valence-corrected chi connectivity index (χ3v) is 3.91. The fourth-order valence-corrected chi connectivity index (χ4v) is 2.74. The number of nitrogens with zero attached hydrogens (tertiary/aromatic N) is 4.